The largest absolute Gasteiger partial charge is 0.468 e. The number of hydrogen-bond acceptors (Lipinski definition) is 6. The van der Waals surface area contributed by atoms with Crippen LogP contribution in [0.5, 0.6) is 0 Å². The standard InChI is InChI=1S/C18H11FN4OS/c19-12-5-3-11(4-6-12)16-14(8-20)17(22)23-18(15(16)9-21)25-10-13-2-1-7-24-13/h1-7H,10H2,(H2,22,23). The minimum atomic E-state index is -0.407. The molecule has 122 valence electrons. The van der Waals surface area contributed by atoms with Gasteiger partial charge in [-0.2, -0.15) is 10.5 Å². The quantitative estimate of drug-likeness (QED) is 0.711. The number of hydrogen-bond donors (Lipinski definition) is 1. The number of nitrogen functional groups attached to an aromatic ring is 1. The molecule has 25 heavy (non-hydrogen) atoms. The normalized spacial score (nSPS) is 10.2. The molecule has 0 radical (unpaired) electrons. The number of thioether (sulfide) groups is 1. The molecule has 0 amide bonds. The topological polar surface area (TPSA) is 99.6 Å². The first-order chi connectivity index (χ1) is 12.1. The van der Waals surface area contributed by atoms with Crippen molar-refractivity contribution in [3.8, 4) is 23.3 Å². The monoisotopic (exact) mass is 350 g/mol. The number of furan rings is 1. The van der Waals surface area contributed by atoms with Crippen molar-refractivity contribution in [3.05, 3.63) is 65.4 Å². The predicted octanol–water partition coefficient (Wildman–Crippen LogP) is 4.10. The summed E-state index contributed by atoms with van der Waals surface area (Å²) in [5, 5.41) is 19.5. The molecule has 0 saturated heterocycles. The van der Waals surface area contributed by atoms with E-state index in [9.17, 15) is 14.9 Å². The van der Waals surface area contributed by atoms with Gasteiger partial charge in [-0.15, -0.1) is 0 Å². The molecule has 0 spiro atoms. The van der Waals surface area contributed by atoms with E-state index in [0.29, 0.717) is 21.9 Å². The number of halogens is 1. The SMILES string of the molecule is N#Cc1c(N)nc(SCc2ccco2)c(C#N)c1-c1ccc(F)cc1. The molecule has 2 heterocycles. The van der Waals surface area contributed by atoms with E-state index in [1.54, 1.807) is 12.3 Å². The highest BCUT2D eigenvalue weighted by atomic mass is 32.2. The third kappa shape index (κ3) is 3.32. The summed E-state index contributed by atoms with van der Waals surface area (Å²) in [6.45, 7) is 0. The number of benzene rings is 1. The first-order valence-electron chi connectivity index (χ1n) is 7.18. The van der Waals surface area contributed by atoms with E-state index in [1.165, 1.54) is 36.0 Å². The Morgan fingerprint density at radius 2 is 1.84 bits per heavy atom. The van der Waals surface area contributed by atoms with Crippen LogP contribution in [0.4, 0.5) is 10.2 Å². The van der Waals surface area contributed by atoms with Gasteiger partial charge in [-0.05, 0) is 29.8 Å². The Kier molecular flexibility index (Phi) is 4.69. The molecule has 3 rings (SSSR count). The van der Waals surface area contributed by atoms with Gasteiger partial charge in [0.05, 0.1) is 17.6 Å². The third-order valence-electron chi connectivity index (χ3n) is 3.48. The Balaban J connectivity index is 2.13. The molecule has 2 aromatic heterocycles. The maximum atomic E-state index is 13.2. The van der Waals surface area contributed by atoms with Crippen molar-refractivity contribution in [2.45, 2.75) is 10.8 Å². The maximum Gasteiger partial charge on any atom is 0.143 e. The zero-order valence-electron chi connectivity index (χ0n) is 12.9. The van der Waals surface area contributed by atoms with Gasteiger partial charge in [0, 0.05) is 5.56 Å². The van der Waals surface area contributed by atoms with Crippen molar-refractivity contribution in [1.82, 2.24) is 4.98 Å². The van der Waals surface area contributed by atoms with E-state index in [0.717, 1.165) is 5.76 Å². The van der Waals surface area contributed by atoms with Gasteiger partial charge in [0.2, 0.25) is 0 Å². The van der Waals surface area contributed by atoms with Gasteiger partial charge in [-0.25, -0.2) is 9.37 Å². The number of nitrogens with two attached hydrogens (primary N) is 1. The highest BCUT2D eigenvalue weighted by molar-refractivity contribution is 7.98. The van der Waals surface area contributed by atoms with Gasteiger partial charge in [0.15, 0.2) is 0 Å². The first-order valence-corrected chi connectivity index (χ1v) is 8.17. The van der Waals surface area contributed by atoms with E-state index in [2.05, 4.69) is 11.1 Å². The van der Waals surface area contributed by atoms with Crippen LogP contribution in [0, 0.1) is 28.5 Å². The molecule has 5 nitrogen and oxygen atoms in total. The molecule has 0 fully saturated rings. The predicted molar refractivity (Wildman–Crippen MR) is 91.7 cm³/mol. The molecule has 7 heteroatoms. The smallest absolute Gasteiger partial charge is 0.143 e. The van der Waals surface area contributed by atoms with Crippen LogP contribution in [-0.4, -0.2) is 4.98 Å². The Hall–Kier alpha value is -3.29. The lowest BCUT2D eigenvalue weighted by atomic mass is 9.97. The average molecular weight is 350 g/mol. The molecule has 1 aromatic carbocycles. The maximum absolute atomic E-state index is 13.2. The molecular weight excluding hydrogens is 339 g/mol. The van der Waals surface area contributed by atoms with Crippen molar-refractivity contribution in [2.24, 2.45) is 0 Å². The van der Waals surface area contributed by atoms with Gasteiger partial charge in [-0.1, -0.05) is 23.9 Å². The number of pyridine rings is 1. The number of nitrogens with zero attached hydrogens (tertiary/aromatic N) is 3. The molecule has 0 bridgehead atoms. The van der Waals surface area contributed by atoms with Crippen LogP contribution in [0.2, 0.25) is 0 Å². The second kappa shape index (κ2) is 7.08. The molecule has 2 N–H and O–H groups in total. The number of aromatic nitrogens is 1. The highest BCUT2D eigenvalue weighted by Crippen LogP contribution is 2.36. The van der Waals surface area contributed by atoms with Crippen LogP contribution in [0.25, 0.3) is 11.1 Å². The average Bonchev–Trinajstić information content (AvgIpc) is 3.13. The van der Waals surface area contributed by atoms with Crippen molar-refractivity contribution in [1.29, 1.82) is 10.5 Å². The summed E-state index contributed by atoms with van der Waals surface area (Å²) in [5.41, 5.74) is 7.14. The number of rotatable bonds is 4. The van der Waals surface area contributed by atoms with Gasteiger partial charge in [0.1, 0.15) is 40.1 Å². The fourth-order valence-corrected chi connectivity index (χ4v) is 3.24. The van der Waals surface area contributed by atoms with Crippen LogP contribution >= 0.6 is 11.8 Å². The van der Waals surface area contributed by atoms with Crippen molar-refractivity contribution in [2.75, 3.05) is 5.73 Å². The lowest BCUT2D eigenvalue weighted by Gasteiger charge is -2.12. The Morgan fingerprint density at radius 1 is 1.12 bits per heavy atom. The van der Waals surface area contributed by atoms with Crippen molar-refractivity contribution < 1.29 is 8.81 Å². The summed E-state index contributed by atoms with van der Waals surface area (Å²) in [7, 11) is 0. The minimum Gasteiger partial charge on any atom is -0.468 e. The van der Waals surface area contributed by atoms with Gasteiger partial charge in [-0.3, -0.25) is 0 Å². The molecule has 0 atom stereocenters. The fourth-order valence-electron chi connectivity index (χ4n) is 2.34. The summed E-state index contributed by atoms with van der Waals surface area (Å²) in [6, 6.07) is 13.2. The fraction of sp³-hybridized carbons (Fsp3) is 0.0556. The lowest BCUT2D eigenvalue weighted by Crippen LogP contribution is -2.03. The molecule has 0 unspecified atom stereocenters. The Morgan fingerprint density at radius 3 is 2.44 bits per heavy atom. The van der Waals surface area contributed by atoms with Crippen molar-refractivity contribution in [3.63, 3.8) is 0 Å². The first kappa shape index (κ1) is 16.6. The van der Waals surface area contributed by atoms with Crippen LogP contribution in [0.1, 0.15) is 16.9 Å². The Bertz CT molecular complexity index is 986. The highest BCUT2D eigenvalue weighted by Gasteiger charge is 2.20. The van der Waals surface area contributed by atoms with Crippen LogP contribution in [0.3, 0.4) is 0 Å². The number of nitriles is 2. The summed E-state index contributed by atoms with van der Waals surface area (Å²) in [6.07, 6.45) is 1.56. The van der Waals surface area contributed by atoms with E-state index in [1.807, 2.05) is 12.1 Å². The summed E-state index contributed by atoms with van der Waals surface area (Å²) in [5.74, 6) is 0.808. The molecule has 0 saturated carbocycles. The van der Waals surface area contributed by atoms with Gasteiger partial charge >= 0.3 is 0 Å². The summed E-state index contributed by atoms with van der Waals surface area (Å²) >= 11 is 1.28. The van der Waals surface area contributed by atoms with Gasteiger partial charge in [0.25, 0.3) is 0 Å². The van der Waals surface area contributed by atoms with Crippen LogP contribution in [-0.2, 0) is 5.75 Å². The van der Waals surface area contributed by atoms with Crippen LogP contribution < -0.4 is 5.73 Å². The molecule has 0 aliphatic rings. The number of anilines is 1. The lowest BCUT2D eigenvalue weighted by molar-refractivity contribution is 0.530. The van der Waals surface area contributed by atoms with E-state index in [-0.39, 0.29) is 16.9 Å². The zero-order chi connectivity index (χ0) is 17.8. The minimum absolute atomic E-state index is 0.0303. The summed E-state index contributed by atoms with van der Waals surface area (Å²) < 4.78 is 18.5. The third-order valence-corrected chi connectivity index (χ3v) is 4.48. The second-order valence-corrected chi connectivity index (χ2v) is 5.99. The second-order valence-electron chi connectivity index (χ2n) is 5.03. The zero-order valence-corrected chi connectivity index (χ0v) is 13.7. The molecule has 0 aliphatic carbocycles. The molecule has 3 aromatic rings. The van der Waals surface area contributed by atoms with E-state index >= 15 is 0 Å². The molecule has 0 aliphatic heterocycles. The summed E-state index contributed by atoms with van der Waals surface area (Å²) in [4.78, 5) is 4.20. The van der Waals surface area contributed by atoms with Crippen molar-refractivity contribution >= 4 is 17.6 Å². The van der Waals surface area contributed by atoms with Gasteiger partial charge < -0.3 is 10.2 Å². The molecular formula is C18H11FN4OS. The van der Waals surface area contributed by atoms with E-state index in [4.69, 9.17) is 10.2 Å². The Labute approximate surface area is 147 Å². The van der Waals surface area contributed by atoms with E-state index < -0.39 is 5.82 Å². The van der Waals surface area contributed by atoms with Crippen LogP contribution in [0.15, 0.2) is 52.1 Å².